The van der Waals surface area contributed by atoms with Crippen LogP contribution in [-0.2, 0) is 11.2 Å². The number of piperidine rings is 1. The van der Waals surface area contributed by atoms with E-state index in [2.05, 4.69) is 16.9 Å². The van der Waals surface area contributed by atoms with E-state index in [1.165, 1.54) is 24.2 Å². The van der Waals surface area contributed by atoms with Gasteiger partial charge in [-0.05, 0) is 70.0 Å². The van der Waals surface area contributed by atoms with Crippen molar-refractivity contribution in [3.8, 4) is 11.4 Å². The first-order valence-corrected chi connectivity index (χ1v) is 12.0. The molecule has 3 aromatic rings. The van der Waals surface area contributed by atoms with Gasteiger partial charge in [0.15, 0.2) is 0 Å². The van der Waals surface area contributed by atoms with Gasteiger partial charge in [0.2, 0.25) is 0 Å². The molecule has 7 heteroatoms. The topological polar surface area (TPSA) is 56.6 Å². The van der Waals surface area contributed by atoms with Gasteiger partial charge in [-0.15, -0.1) is 11.3 Å². The third-order valence-electron chi connectivity index (χ3n) is 6.66. The molecule has 4 heterocycles. The monoisotopic (exact) mass is 439 g/mol. The van der Waals surface area contributed by atoms with E-state index >= 15 is 0 Å². The fourth-order valence-electron chi connectivity index (χ4n) is 4.92. The highest BCUT2D eigenvalue weighted by Gasteiger charge is 2.39. The van der Waals surface area contributed by atoms with Crippen LogP contribution in [-0.4, -0.2) is 52.9 Å². The molecule has 2 saturated heterocycles. The molecular weight excluding hydrogens is 410 g/mol. The van der Waals surface area contributed by atoms with Crippen molar-refractivity contribution in [3.63, 3.8) is 0 Å². The number of aromatic nitrogens is 2. The first-order valence-electron chi connectivity index (χ1n) is 11.2. The molecule has 2 aliphatic rings. The Morgan fingerprint density at radius 1 is 1.16 bits per heavy atom. The van der Waals surface area contributed by atoms with Crippen LogP contribution in [0.25, 0.3) is 15.9 Å². The van der Waals surface area contributed by atoms with Gasteiger partial charge in [-0.25, -0.2) is 4.98 Å². The lowest BCUT2D eigenvalue weighted by atomic mass is 10.0. The number of benzene rings is 1. The summed E-state index contributed by atoms with van der Waals surface area (Å²) < 4.78 is 14.0. The number of nitrogens with zero attached hydrogens (tertiary/aromatic N) is 3. The first kappa shape index (κ1) is 20.7. The Labute approximate surface area is 186 Å². The first-order chi connectivity index (χ1) is 15.1. The molecule has 2 fully saturated rings. The maximum Gasteiger partial charge on any atom is 0.275 e. The second-order valence-corrected chi connectivity index (χ2v) is 9.69. The van der Waals surface area contributed by atoms with Gasteiger partial charge >= 0.3 is 0 Å². The maximum atomic E-state index is 13.1. The highest BCUT2D eigenvalue weighted by molar-refractivity contribution is 7.18. The molecule has 2 aliphatic heterocycles. The van der Waals surface area contributed by atoms with Gasteiger partial charge in [0.25, 0.3) is 5.56 Å². The second kappa shape index (κ2) is 8.73. The molecule has 1 aromatic carbocycles. The summed E-state index contributed by atoms with van der Waals surface area (Å²) >= 11 is 1.51. The van der Waals surface area contributed by atoms with E-state index < -0.39 is 0 Å². The van der Waals surface area contributed by atoms with Crippen molar-refractivity contribution in [3.05, 3.63) is 51.9 Å². The lowest BCUT2D eigenvalue weighted by Gasteiger charge is -2.36. The average Bonchev–Trinajstić information content (AvgIpc) is 3.26. The zero-order chi connectivity index (χ0) is 21.4. The Balaban J connectivity index is 1.31. The molecular formula is C24H29N3O3S. The van der Waals surface area contributed by atoms with E-state index in [1.54, 1.807) is 10.9 Å². The molecule has 0 aliphatic carbocycles. The molecule has 0 saturated carbocycles. The van der Waals surface area contributed by atoms with Crippen molar-refractivity contribution < 1.29 is 9.47 Å². The van der Waals surface area contributed by atoms with Crippen LogP contribution in [0.15, 0.2) is 41.5 Å². The minimum Gasteiger partial charge on any atom is -0.490 e. The number of hydrogen-bond donors (Lipinski definition) is 0. The summed E-state index contributed by atoms with van der Waals surface area (Å²) in [5.74, 6) is 0.870. The van der Waals surface area contributed by atoms with Crippen molar-refractivity contribution in [2.45, 2.75) is 57.2 Å². The van der Waals surface area contributed by atoms with E-state index in [9.17, 15) is 4.79 Å². The van der Waals surface area contributed by atoms with Gasteiger partial charge in [-0.3, -0.25) is 9.36 Å². The second-order valence-electron chi connectivity index (χ2n) is 8.55. The van der Waals surface area contributed by atoms with Crippen molar-refractivity contribution in [2.75, 3.05) is 20.3 Å². The number of hydrogen-bond acceptors (Lipinski definition) is 6. The summed E-state index contributed by atoms with van der Waals surface area (Å²) in [7, 11) is 2.24. The van der Waals surface area contributed by atoms with Crippen LogP contribution in [0, 0.1) is 0 Å². The Kier molecular flexibility index (Phi) is 5.82. The van der Waals surface area contributed by atoms with Gasteiger partial charge in [-0.1, -0.05) is 0 Å². The molecule has 5 rings (SSSR count). The zero-order valence-corrected chi connectivity index (χ0v) is 18.9. The van der Waals surface area contributed by atoms with E-state index in [0.717, 1.165) is 41.1 Å². The van der Waals surface area contributed by atoms with Crippen molar-refractivity contribution in [2.24, 2.45) is 0 Å². The summed E-state index contributed by atoms with van der Waals surface area (Å²) in [6, 6.07) is 11.1. The smallest absolute Gasteiger partial charge is 0.275 e. The molecule has 0 N–H and O–H groups in total. The van der Waals surface area contributed by atoms with Crippen LogP contribution in [0.3, 0.4) is 0 Å². The lowest BCUT2D eigenvalue weighted by Crippen LogP contribution is -2.43. The van der Waals surface area contributed by atoms with Gasteiger partial charge < -0.3 is 14.4 Å². The minimum atomic E-state index is -0.0294. The Morgan fingerprint density at radius 2 is 1.90 bits per heavy atom. The van der Waals surface area contributed by atoms with E-state index in [4.69, 9.17) is 9.47 Å². The highest BCUT2D eigenvalue weighted by Crippen LogP contribution is 2.36. The Morgan fingerprint density at radius 3 is 2.61 bits per heavy atom. The third-order valence-corrected chi connectivity index (χ3v) is 7.83. The summed E-state index contributed by atoms with van der Waals surface area (Å²) in [5.41, 5.74) is 1.53. The normalized spacial score (nSPS) is 23.5. The Bertz CT molecular complexity index is 1090. The summed E-state index contributed by atoms with van der Waals surface area (Å²) in [4.78, 5) is 21.2. The zero-order valence-electron chi connectivity index (χ0n) is 18.1. The molecule has 0 radical (unpaired) electrons. The largest absolute Gasteiger partial charge is 0.490 e. The highest BCUT2D eigenvalue weighted by atomic mass is 32.1. The standard InChI is InChI=1S/C24H29N3O3S/c1-3-29-11-10-21-14-22-23(31-21)24(28)27(15-25-22)16-6-8-19(9-7-16)30-20-12-17-4-5-18(13-20)26(17)2/h6-9,14-15,17-18,20H,3-5,10-13H2,1-2H3/t17-,18+,20+. The molecule has 164 valence electrons. The number of thiophene rings is 1. The van der Waals surface area contributed by atoms with Crippen LogP contribution in [0.4, 0.5) is 0 Å². The predicted octanol–water partition coefficient (Wildman–Crippen LogP) is 4.03. The molecule has 3 atom stereocenters. The van der Waals surface area contributed by atoms with Crippen molar-refractivity contribution in [1.82, 2.24) is 14.5 Å². The quantitative estimate of drug-likeness (QED) is 0.520. The van der Waals surface area contributed by atoms with Gasteiger partial charge in [0.1, 0.15) is 22.9 Å². The molecule has 6 nitrogen and oxygen atoms in total. The average molecular weight is 440 g/mol. The Hall–Kier alpha value is -2.22. The summed E-state index contributed by atoms with van der Waals surface area (Å²) in [6.45, 7) is 3.35. The van der Waals surface area contributed by atoms with Crippen molar-refractivity contribution in [1.29, 1.82) is 0 Å². The molecule has 0 unspecified atom stereocenters. The van der Waals surface area contributed by atoms with E-state index in [-0.39, 0.29) is 11.7 Å². The van der Waals surface area contributed by atoms with Crippen LogP contribution >= 0.6 is 11.3 Å². The molecule has 31 heavy (non-hydrogen) atoms. The van der Waals surface area contributed by atoms with Gasteiger partial charge in [0.05, 0.1) is 17.8 Å². The maximum absolute atomic E-state index is 13.1. The third kappa shape index (κ3) is 4.14. The van der Waals surface area contributed by atoms with Crippen molar-refractivity contribution >= 4 is 21.6 Å². The number of rotatable bonds is 7. The van der Waals surface area contributed by atoms with Gasteiger partial charge in [-0.2, -0.15) is 0 Å². The fourth-order valence-corrected chi connectivity index (χ4v) is 5.94. The van der Waals surface area contributed by atoms with Crippen LogP contribution < -0.4 is 10.3 Å². The van der Waals surface area contributed by atoms with Crippen LogP contribution in [0.1, 0.15) is 37.5 Å². The van der Waals surface area contributed by atoms with E-state index in [1.807, 2.05) is 37.3 Å². The number of ether oxygens (including phenoxy) is 2. The lowest BCUT2D eigenvalue weighted by molar-refractivity contribution is 0.0662. The predicted molar refractivity (Wildman–Crippen MR) is 124 cm³/mol. The van der Waals surface area contributed by atoms with Gasteiger partial charge in [0, 0.05) is 30.0 Å². The van der Waals surface area contributed by atoms with Crippen LogP contribution in [0.5, 0.6) is 5.75 Å². The molecule has 0 spiro atoms. The SMILES string of the molecule is CCOCCc1cc2ncn(-c3ccc(O[C@H]4C[C@H]5CC[C@@H](C4)N5C)cc3)c(=O)c2s1. The molecule has 2 bridgehead atoms. The summed E-state index contributed by atoms with van der Waals surface area (Å²) in [5, 5.41) is 0. The van der Waals surface area contributed by atoms with E-state index in [0.29, 0.717) is 30.0 Å². The molecule has 0 amide bonds. The minimum absolute atomic E-state index is 0.0294. The molecule has 2 aromatic heterocycles. The van der Waals surface area contributed by atoms with Crippen LogP contribution in [0.2, 0.25) is 0 Å². The fraction of sp³-hybridized carbons (Fsp3) is 0.500. The summed E-state index contributed by atoms with van der Waals surface area (Å²) in [6.07, 6.45) is 7.47. The number of fused-ring (bicyclic) bond motifs is 3.